The van der Waals surface area contributed by atoms with E-state index in [4.69, 9.17) is 0 Å². The van der Waals surface area contributed by atoms with E-state index in [1.54, 1.807) is 17.6 Å². The lowest BCUT2D eigenvalue weighted by atomic mass is 9.94. The predicted octanol–water partition coefficient (Wildman–Crippen LogP) is 4.00. The number of aryl methyl sites for hydroxylation is 1. The predicted molar refractivity (Wildman–Crippen MR) is 98.7 cm³/mol. The Morgan fingerprint density at radius 1 is 1.35 bits per heavy atom. The first-order chi connectivity index (χ1) is 12.6. The number of amides is 1. The highest BCUT2D eigenvalue weighted by molar-refractivity contribution is 7.11. The van der Waals surface area contributed by atoms with Gasteiger partial charge in [0.25, 0.3) is 5.91 Å². The molecule has 0 spiro atoms. The fourth-order valence-corrected chi connectivity index (χ4v) is 4.15. The molecule has 1 fully saturated rings. The molecule has 1 atom stereocenters. The van der Waals surface area contributed by atoms with Gasteiger partial charge in [0.05, 0.1) is 16.9 Å². The number of H-pyrrole nitrogens is 1. The number of hydrogen-bond donors (Lipinski definition) is 1. The Morgan fingerprint density at radius 3 is 2.88 bits per heavy atom. The largest absolute Gasteiger partial charge is 0.337 e. The number of thiazole rings is 1. The second-order valence-electron chi connectivity index (χ2n) is 6.57. The molecule has 4 rings (SSSR count). The zero-order valence-corrected chi connectivity index (χ0v) is 15.2. The van der Waals surface area contributed by atoms with Gasteiger partial charge in [-0.25, -0.2) is 9.37 Å². The highest BCUT2D eigenvalue weighted by Crippen LogP contribution is 2.30. The summed E-state index contributed by atoms with van der Waals surface area (Å²) in [6.07, 6.45) is 1.97. The molecule has 0 bridgehead atoms. The molecule has 7 heteroatoms. The molecule has 134 valence electrons. The van der Waals surface area contributed by atoms with E-state index in [1.807, 2.05) is 17.9 Å². The van der Waals surface area contributed by atoms with Crippen LogP contribution in [0.5, 0.6) is 0 Å². The maximum atomic E-state index is 13.1. The fraction of sp³-hybridized carbons (Fsp3) is 0.316. The standard InChI is InChI=1S/C19H19FN4OS/c1-12-18(26-11-21-12)19(25)24-8-2-3-14(10-24)17-9-16(22-23-17)13-4-6-15(20)7-5-13/h4-7,9,11,14H,2-3,8,10H2,1H3,(H,22,23)/t14-/m0/s1. The Bertz CT molecular complexity index is 918. The second kappa shape index (κ2) is 6.99. The van der Waals surface area contributed by atoms with Crippen molar-refractivity contribution < 1.29 is 9.18 Å². The second-order valence-corrected chi connectivity index (χ2v) is 7.43. The molecule has 3 aromatic rings. The third kappa shape index (κ3) is 3.26. The average Bonchev–Trinajstić information content (AvgIpc) is 3.31. The highest BCUT2D eigenvalue weighted by atomic mass is 32.1. The monoisotopic (exact) mass is 370 g/mol. The smallest absolute Gasteiger partial charge is 0.265 e. The Kier molecular flexibility index (Phi) is 4.55. The lowest BCUT2D eigenvalue weighted by Crippen LogP contribution is -2.39. The van der Waals surface area contributed by atoms with Crippen molar-refractivity contribution in [2.45, 2.75) is 25.7 Å². The molecule has 1 amide bonds. The summed E-state index contributed by atoms with van der Waals surface area (Å²) >= 11 is 1.40. The molecular formula is C19H19FN4OS. The first kappa shape index (κ1) is 16.9. The summed E-state index contributed by atoms with van der Waals surface area (Å²) in [5.74, 6) is 0.0277. The quantitative estimate of drug-likeness (QED) is 0.758. The van der Waals surface area contributed by atoms with Crippen LogP contribution in [-0.4, -0.2) is 39.1 Å². The number of nitrogens with zero attached hydrogens (tertiary/aromatic N) is 3. The molecule has 2 aromatic heterocycles. The van der Waals surface area contributed by atoms with Crippen LogP contribution < -0.4 is 0 Å². The van der Waals surface area contributed by atoms with Gasteiger partial charge in [0.2, 0.25) is 0 Å². The number of halogens is 1. The molecule has 5 nitrogen and oxygen atoms in total. The van der Waals surface area contributed by atoms with Gasteiger partial charge in [-0.3, -0.25) is 9.89 Å². The lowest BCUT2D eigenvalue weighted by Gasteiger charge is -2.32. The number of rotatable bonds is 3. The minimum Gasteiger partial charge on any atom is -0.337 e. The number of benzene rings is 1. The van der Waals surface area contributed by atoms with Gasteiger partial charge in [-0.2, -0.15) is 5.10 Å². The molecule has 26 heavy (non-hydrogen) atoms. The number of piperidine rings is 1. The summed E-state index contributed by atoms with van der Waals surface area (Å²) in [5.41, 5.74) is 5.19. The van der Waals surface area contributed by atoms with Gasteiger partial charge >= 0.3 is 0 Å². The van der Waals surface area contributed by atoms with Gasteiger partial charge in [-0.1, -0.05) is 0 Å². The van der Waals surface area contributed by atoms with Crippen molar-refractivity contribution in [3.63, 3.8) is 0 Å². The van der Waals surface area contributed by atoms with E-state index in [1.165, 1.54) is 23.5 Å². The maximum absolute atomic E-state index is 13.1. The number of nitrogens with one attached hydrogen (secondary N) is 1. The molecule has 0 unspecified atom stereocenters. The van der Waals surface area contributed by atoms with Crippen molar-refractivity contribution in [1.82, 2.24) is 20.1 Å². The van der Waals surface area contributed by atoms with Crippen LogP contribution in [0.4, 0.5) is 4.39 Å². The SMILES string of the molecule is Cc1ncsc1C(=O)N1CCC[C@H](c2cc(-c3ccc(F)cc3)n[nH]2)C1. The number of carbonyl (C=O) groups is 1. The summed E-state index contributed by atoms with van der Waals surface area (Å²) < 4.78 is 13.1. The van der Waals surface area contributed by atoms with Crippen molar-refractivity contribution in [3.05, 3.63) is 57.9 Å². The summed E-state index contributed by atoms with van der Waals surface area (Å²) in [6.45, 7) is 3.31. The Hall–Kier alpha value is -2.54. The van der Waals surface area contributed by atoms with Gasteiger partial charge in [-0.15, -0.1) is 11.3 Å². The summed E-state index contributed by atoms with van der Waals surface area (Å²) in [4.78, 5) is 19.6. The van der Waals surface area contributed by atoms with Crippen LogP contribution in [0, 0.1) is 12.7 Å². The summed E-state index contributed by atoms with van der Waals surface area (Å²) in [6, 6.07) is 8.31. The topological polar surface area (TPSA) is 61.9 Å². The van der Waals surface area contributed by atoms with Crippen molar-refractivity contribution >= 4 is 17.2 Å². The molecule has 0 saturated carbocycles. The van der Waals surface area contributed by atoms with E-state index in [0.29, 0.717) is 6.54 Å². The summed E-state index contributed by atoms with van der Waals surface area (Å²) in [7, 11) is 0. The number of aromatic amines is 1. The molecule has 1 saturated heterocycles. The number of aromatic nitrogens is 3. The van der Waals surface area contributed by atoms with E-state index in [-0.39, 0.29) is 17.6 Å². The Balaban J connectivity index is 1.51. The molecule has 1 aliphatic heterocycles. The highest BCUT2D eigenvalue weighted by Gasteiger charge is 2.28. The van der Waals surface area contributed by atoms with Crippen molar-refractivity contribution in [3.8, 4) is 11.3 Å². The van der Waals surface area contributed by atoms with Crippen LogP contribution in [-0.2, 0) is 0 Å². The minimum atomic E-state index is -0.260. The Labute approximate surface area is 154 Å². The van der Waals surface area contributed by atoms with Gasteiger partial charge in [-0.05, 0) is 50.1 Å². The minimum absolute atomic E-state index is 0.0629. The zero-order valence-electron chi connectivity index (χ0n) is 14.4. The van der Waals surface area contributed by atoms with Gasteiger partial charge in [0, 0.05) is 30.3 Å². The van der Waals surface area contributed by atoms with Crippen molar-refractivity contribution in [2.24, 2.45) is 0 Å². The third-order valence-electron chi connectivity index (χ3n) is 4.83. The van der Waals surface area contributed by atoms with E-state index in [9.17, 15) is 9.18 Å². The van der Waals surface area contributed by atoms with Crippen LogP contribution in [0.3, 0.4) is 0 Å². The molecule has 3 heterocycles. The van der Waals surface area contributed by atoms with E-state index < -0.39 is 0 Å². The summed E-state index contributed by atoms with van der Waals surface area (Å²) in [5, 5.41) is 7.47. The first-order valence-corrected chi connectivity index (χ1v) is 9.50. The maximum Gasteiger partial charge on any atom is 0.265 e. The lowest BCUT2D eigenvalue weighted by molar-refractivity contribution is 0.0710. The van der Waals surface area contributed by atoms with E-state index in [0.717, 1.165) is 46.9 Å². The van der Waals surface area contributed by atoms with Crippen LogP contribution in [0.1, 0.15) is 39.8 Å². The molecule has 1 aliphatic rings. The molecule has 0 aliphatic carbocycles. The first-order valence-electron chi connectivity index (χ1n) is 8.62. The normalized spacial score (nSPS) is 17.5. The van der Waals surface area contributed by atoms with E-state index >= 15 is 0 Å². The van der Waals surface area contributed by atoms with E-state index in [2.05, 4.69) is 15.2 Å². The van der Waals surface area contributed by atoms with Gasteiger partial charge < -0.3 is 4.90 Å². The van der Waals surface area contributed by atoms with Crippen LogP contribution >= 0.6 is 11.3 Å². The average molecular weight is 370 g/mol. The zero-order chi connectivity index (χ0) is 18.1. The molecular weight excluding hydrogens is 351 g/mol. The van der Waals surface area contributed by atoms with Gasteiger partial charge in [0.1, 0.15) is 10.7 Å². The number of likely N-dealkylation sites (tertiary alicyclic amines) is 1. The molecule has 1 aromatic carbocycles. The van der Waals surface area contributed by atoms with Crippen molar-refractivity contribution in [1.29, 1.82) is 0 Å². The van der Waals surface area contributed by atoms with Crippen LogP contribution in [0.25, 0.3) is 11.3 Å². The Morgan fingerprint density at radius 2 is 2.15 bits per heavy atom. The van der Waals surface area contributed by atoms with Crippen LogP contribution in [0.2, 0.25) is 0 Å². The van der Waals surface area contributed by atoms with Crippen LogP contribution in [0.15, 0.2) is 35.8 Å². The molecule has 0 radical (unpaired) electrons. The van der Waals surface area contributed by atoms with Crippen molar-refractivity contribution in [2.75, 3.05) is 13.1 Å². The molecule has 1 N–H and O–H groups in total. The van der Waals surface area contributed by atoms with Gasteiger partial charge in [0.15, 0.2) is 0 Å². The number of carbonyl (C=O) groups excluding carboxylic acids is 1. The fourth-order valence-electron chi connectivity index (χ4n) is 3.38. The third-order valence-corrected chi connectivity index (χ3v) is 5.74. The number of hydrogen-bond acceptors (Lipinski definition) is 4.